The number of aliphatic hydroxyl groups excluding tert-OH is 1. The van der Waals surface area contributed by atoms with Gasteiger partial charge in [0.05, 0.1) is 32.2 Å². The Morgan fingerprint density at radius 1 is 1.32 bits per heavy atom. The molecule has 7 heteroatoms. The summed E-state index contributed by atoms with van der Waals surface area (Å²) in [6.07, 6.45) is 2.36. The SMILES string of the molecule is COc1cccc([C@@H](O)Cn2ncc3cnn(C)c(=O)c32)c1. The molecule has 2 aromatic heterocycles. The number of rotatable bonds is 4. The van der Waals surface area contributed by atoms with Gasteiger partial charge in [0.2, 0.25) is 0 Å². The highest BCUT2D eigenvalue weighted by molar-refractivity contribution is 5.76. The quantitative estimate of drug-likeness (QED) is 0.773. The Hall–Kier alpha value is -2.67. The summed E-state index contributed by atoms with van der Waals surface area (Å²) in [5, 5.41) is 19.2. The van der Waals surface area contributed by atoms with Gasteiger partial charge in [0.25, 0.3) is 5.56 Å². The first-order valence-corrected chi connectivity index (χ1v) is 6.80. The van der Waals surface area contributed by atoms with Gasteiger partial charge in [-0.2, -0.15) is 10.2 Å². The Kier molecular flexibility index (Phi) is 3.64. The number of aromatic nitrogens is 4. The second-order valence-corrected chi connectivity index (χ2v) is 5.00. The number of ether oxygens (including phenoxy) is 1. The molecule has 0 bridgehead atoms. The molecule has 0 aliphatic rings. The molecule has 0 radical (unpaired) electrons. The fourth-order valence-electron chi connectivity index (χ4n) is 2.34. The second-order valence-electron chi connectivity index (χ2n) is 5.00. The van der Waals surface area contributed by atoms with E-state index in [-0.39, 0.29) is 12.1 Å². The molecule has 114 valence electrons. The highest BCUT2D eigenvalue weighted by Gasteiger charge is 2.14. The zero-order chi connectivity index (χ0) is 15.7. The third-order valence-electron chi connectivity index (χ3n) is 3.56. The maximum Gasteiger partial charge on any atom is 0.292 e. The maximum atomic E-state index is 12.2. The van der Waals surface area contributed by atoms with Crippen molar-refractivity contribution >= 4 is 10.9 Å². The molecular formula is C15H16N4O3. The summed E-state index contributed by atoms with van der Waals surface area (Å²) in [7, 11) is 3.15. The predicted octanol–water partition coefficient (Wildman–Crippen LogP) is 0.872. The Labute approximate surface area is 126 Å². The normalized spacial score (nSPS) is 12.5. The molecule has 22 heavy (non-hydrogen) atoms. The van der Waals surface area contributed by atoms with E-state index in [0.717, 1.165) is 0 Å². The number of methoxy groups -OCH3 is 1. The van der Waals surface area contributed by atoms with Crippen LogP contribution in [0.15, 0.2) is 41.5 Å². The first kappa shape index (κ1) is 14.3. The van der Waals surface area contributed by atoms with Crippen molar-refractivity contribution in [1.29, 1.82) is 0 Å². The van der Waals surface area contributed by atoms with Gasteiger partial charge in [0, 0.05) is 12.4 Å². The minimum absolute atomic E-state index is 0.177. The molecule has 0 aliphatic heterocycles. The topological polar surface area (TPSA) is 82.2 Å². The summed E-state index contributed by atoms with van der Waals surface area (Å²) in [6.45, 7) is 0.177. The van der Waals surface area contributed by atoms with Gasteiger partial charge in [0.15, 0.2) is 0 Å². The number of hydrogen-bond acceptors (Lipinski definition) is 5. The standard InChI is InChI=1S/C15H16N4O3/c1-18-15(21)14-11(7-16-18)8-17-19(14)9-13(20)10-4-3-5-12(6-10)22-2/h3-8,13,20H,9H2,1-2H3/t13-/m0/s1. The molecule has 0 spiro atoms. The lowest BCUT2D eigenvalue weighted by Gasteiger charge is -2.13. The molecule has 0 amide bonds. The highest BCUT2D eigenvalue weighted by Crippen LogP contribution is 2.21. The Morgan fingerprint density at radius 2 is 2.09 bits per heavy atom. The van der Waals surface area contributed by atoms with Crippen molar-refractivity contribution in [3.05, 3.63) is 52.6 Å². The third kappa shape index (κ3) is 2.46. The number of fused-ring (bicyclic) bond motifs is 1. The largest absolute Gasteiger partial charge is 0.497 e. The first-order valence-electron chi connectivity index (χ1n) is 6.80. The van der Waals surface area contributed by atoms with Crippen LogP contribution in [-0.4, -0.2) is 31.8 Å². The summed E-state index contributed by atoms with van der Waals surface area (Å²) < 4.78 is 7.90. The Bertz CT molecular complexity index is 869. The lowest BCUT2D eigenvalue weighted by atomic mass is 10.1. The van der Waals surface area contributed by atoms with Crippen molar-refractivity contribution in [2.75, 3.05) is 7.11 Å². The fourth-order valence-corrected chi connectivity index (χ4v) is 2.34. The molecule has 0 fully saturated rings. The third-order valence-corrected chi connectivity index (χ3v) is 3.56. The second kappa shape index (κ2) is 5.61. The van der Waals surface area contributed by atoms with E-state index in [1.54, 1.807) is 44.8 Å². The van der Waals surface area contributed by atoms with E-state index in [1.807, 2.05) is 6.07 Å². The van der Waals surface area contributed by atoms with E-state index >= 15 is 0 Å². The minimum atomic E-state index is -0.795. The van der Waals surface area contributed by atoms with Crippen LogP contribution >= 0.6 is 0 Å². The summed E-state index contributed by atoms with van der Waals surface area (Å²) in [5.41, 5.74) is 0.890. The van der Waals surface area contributed by atoms with Gasteiger partial charge >= 0.3 is 0 Å². The number of aryl methyl sites for hydroxylation is 1. The lowest BCUT2D eigenvalue weighted by Crippen LogP contribution is -2.22. The monoisotopic (exact) mass is 300 g/mol. The van der Waals surface area contributed by atoms with Crippen molar-refractivity contribution in [3.8, 4) is 5.75 Å². The van der Waals surface area contributed by atoms with Crippen molar-refractivity contribution < 1.29 is 9.84 Å². The van der Waals surface area contributed by atoms with E-state index in [4.69, 9.17) is 4.74 Å². The summed E-state index contributed by atoms with van der Waals surface area (Å²) in [4.78, 5) is 12.2. The van der Waals surface area contributed by atoms with Gasteiger partial charge in [-0.25, -0.2) is 4.68 Å². The fraction of sp³-hybridized carbons (Fsp3) is 0.267. The van der Waals surface area contributed by atoms with Crippen LogP contribution in [-0.2, 0) is 13.6 Å². The van der Waals surface area contributed by atoms with Gasteiger partial charge in [0.1, 0.15) is 11.3 Å². The molecule has 7 nitrogen and oxygen atoms in total. The molecule has 1 N–H and O–H groups in total. The summed E-state index contributed by atoms with van der Waals surface area (Å²) >= 11 is 0. The van der Waals surface area contributed by atoms with E-state index in [0.29, 0.717) is 22.2 Å². The maximum absolute atomic E-state index is 12.2. The molecule has 3 rings (SSSR count). The Morgan fingerprint density at radius 3 is 2.86 bits per heavy atom. The molecule has 0 aliphatic carbocycles. The van der Waals surface area contributed by atoms with Crippen molar-refractivity contribution in [1.82, 2.24) is 19.6 Å². The van der Waals surface area contributed by atoms with Crippen LogP contribution < -0.4 is 10.3 Å². The van der Waals surface area contributed by atoms with E-state index < -0.39 is 6.10 Å². The number of benzene rings is 1. The van der Waals surface area contributed by atoms with Gasteiger partial charge in [-0.05, 0) is 17.7 Å². The zero-order valence-electron chi connectivity index (χ0n) is 12.3. The van der Waals surface area contributed by atoms with Crippen LogP contribution in [0.2, 0.25) is 0 Å². The van der Waals surface area contributed by atoms with Crippen LogP contribution in [0.1, 0.15) is 11.7 Å². The molecule has 0 saturated heterocycles. The van der Waals surface area contributed by atoms with Crippen molar-refractivity contribution in [2.24, 2.45) is 7.05 Å². The number of nitrogens with zero attached hydrogens (tertiary/aromatic N) is 4. The van der Waals surface area contributed by atoms with Crippen molar-refractivity contribution in [2.45, 2.75) is 12.6 Å². The van der Waals surface area contributed by atoms with E-state index in [2.05, 4.69) is 10.2 Å². The molecule has 3 aromatic rings. The Balaban J connectivity index is 1.96. The van der Waals surface area contributed by atoms with E-state index in [9.17, 15) is 9.90 Å². The lowest BCUT2D eigenvalue weighted by molar-refractivity contribution is 0.153. The molecular weight excluding hydrogens is 284 g/mol. The molecule has 0 unspecified atom stereocenters. The molecule has 0 saturated carbocycles. The average Bonchev–Trinajstić information content (AvgIpc) is 2.94. The van der Waals surface area contributed by atoms with Gasteiger partial charge in [-0.3, -0.25) is 9.48 Å². The number of hydrogen-bond donors (Lipinski definition) is 1. The summed E-state index contributed by atoms with van der Waals surface area (Å²) in [6, 6.07) is 7.18. The van der Waals surface area contributed by atoms with E-state index in [1.165, 1.54) is 9.36 Å². The van der Waals surface area contributed by atoms with Crippen LogP contribution in [0.3, 0.4) is 0 Å². The predicted molar refractivity (Wildman–Crippen MR) is 80.7 cm³/mol. The molecule has 2 heterocycles. The minimum Gasteiger partial charge on any atom is -0.497 e. The smallest absolute Gasteiger partial charge is 0.292 e. The van der Waals surface area contributed by atoms with Gasteiger partial charge < -0.3 is 9.84 Å². The van der Waals surface area contributed by atoms with Crippen molar-refractivity contribution in [3.63, 3.8) is 0 Å². The molecule has 1 aromatic carbocycles. The average molecular weight is 300 g/mol. The highest BCUT2D eigenvalue weighted by atomic mass is 16.5. The van der Waals surface area contributed by atoms with Crippen LogP contribution in [0.5, 0.6) is 5.75 Å². The summed E-state index contributed by atoms with van der Waals surface area (Å²) in [5.74, 6) is 0.669. The van der Waals surface area contributed by atoms with Crippen LogP contribution in [0.4, 0.5) is 0 Å². The van der Waals surface area contributed by atoms with Crippen LogP contribution in [0, 0.1) is 0 Å². The zero-order valence-corrected chi connectivity index (χ0v) is 12.3. The van der Waals surface area contributed by atoms with Gasteiger partial charge in [-0.1, -0.05) is 12.1 Å². The number of aliphatic hydroxyl groups is 1. The first-order chi connectivity index (χ1) is 10.6. The van der Waals surface area contributed by atoms with Crippen LogP contribution in [0.25, 0.3) is 10.9 Å². The van der Waals surface area contributed by atoms with Gasteiger partial charge in [-0.15, -0.1) is 0 Å². The molecule has 1 atom stereocenters.